The SMILES string of the molecule is Cc1nn(C)cc1C(C)NC(=O)C1CCCN(S(=O)(=O)c2cnn(C)c2)C1. The van der Waals surface area contributed by atoms with Crippen molar-refractivity contribution in [1.82, 2.24) is 29.2 Å². The number of nitrogens with zero attached hydrogens (tertiary/aromatic N) is 5. The van der Waals surface area contributed by atoms with Crippen LogP contribution in [0, 0.1) is 12.8 Å². The summed E-state index contributed by atoms with van der Waals surface area (Å²) in [5.74, 6) is -0.499. The van der Waals surface area contributed by atoms with Crippen LogP contribution < -0.4 is 5.32 Å². The van der Waals surface area contributed by atoms with Crippen LogP contribution in [-0.2, 0) is 28.9 Å². The van der Waals surface area contributed by atoms with Gasteiger partial charge >= 0.3 is 0 Å². The highest BCUT2D eigenvalue weighted by Gasteiger charge is 2.34. The molecule has 9 nitrogen and oxygen atoms in total. The third-order valence-corrected chi connectivity index (χ3v) is 6.77. The molecule has 148 valence electrons. The number of piperidine rings is 1. The van der Waals surface area contributed by atoms with Gasteiger partial charge in [0.1, 0.15) is 4.90 Å². The van der Waals surface area contributed by atoms with Gasteiger partial charge in [-0.3, -0.25) is 14.2 Å². The highest BCUT2D eigenvalue weighted by atomic mass is 32.2. The van der Waals surface area contributed by atoms with Crippen molar-refractivity contribution in [3.05, 3.63) is 29.8 Å². The second-order valence-electron chi connectivity index (χ2n) is 7.13. The number of nitrogens with one attached hydrogen (secondary N) is 1. The number of hydrogen-bond donors (Lipinski definition) is 1. The molecule has 3 rings (SSSR count). The van der Waals surface area contributed by atoms with Gasteiger partial charge in [0.2, 0.25) is 15.9 Å². The van der Waals surface area contributed by atoms with Crippen LogP contribution in [0.1, 0.15) is 37.1 Å². The van der Waals surface area contributed by atoms with Gasteiger partial charge in [0, 0.05) is 45.1 Å². The van der Waals surface area contributed by atoms with Crippen molar-refractivity contribution in [2.24, 2.45) is 20.0 Å². The van der Waals surface area contributed by atoms with Crippen LogP contribution in [-0.4, -0.2) is 51.3 Å². The van der Waals surface area contributed by atoms with Crippen molar-refractivity contribution < 1.29 is 13.2 Å². The lowest BCUT2D eigenvalue weighted by molar-refractivity contribution is -0.126. The highest BCUT2D eigenvalue weighted by molar-refractivity contribution is 7.89. The lowest BCUT2D eigenvalue weighted by atomic mass is 9.98. The first kappa shape index (κ1) is 19.6. The molecule has 1 aliphatic rings. The molecular formula is C17H26N6O3S. The van der Waals surface area contributed by atoms with Crippen LogP contribution in [0.5, 0.6) is 0 Å². The number of carbonyl (C=O) groups is 1. The molecule has 3 heterocycles. The number of rotatable bonds is 5. The lowest BCUT2D eigenvalue weighted by Gasteiger charge is -2.31. The first-order valence-electron chi connectivity index (χ1n) is 8.98. The van der Waals surface area contributed by atoms with E-state index in [4.69, 9.17) is 0 Å². The van der Waals surface area contributed by atoms with Crippen LogP contribution in [0.2, 0.25) is 0 Å². The van der Waals surface area contributed by atoms with Crippen LogP contribution in [0.4, 0.5) is 0 Å². The molecule has 1 amide bonds. The third kappa shape index (κ3) is 4.06. The zero-order valence-corrected chi connectivity index (χ0v) is 16.9. The zero-order chi connectivity index (χ0) is 19.8. The molecule has 2 aromatic rings. The Morgan fingerprint density at radius 1 is 1.30 bits per heavy atom. The fourth-order valence-electron chi connectivity index (χ4n) is 3.51. The van der Waals surface area contributed by atoms with Gasteiger partial charge in [0.05, 0.1) is 23.9 Å². The summed E-state index contributed by atoms with van der Waals surface area (Å²) in [6, 6.07) is -0.184. The number of hydrogen-bond acceptors (Lipinski definition) is 5. The maximum atomic E-state index is 12.8. The first-order chi connectivity index (χ1) is 12.7. The number of aromatic nitrogens is 4. The Labute approximate surface area is 159 Å². The van der Waals surface area contributed by atoms with E-state index >= 15 is 0 Å². The molecule has 0 spiro atoms. The van der Waals surface area contributed by atoms with E-state index in [2.05, 4.69) is 15.5 Å². The molecule has 27 heavy (non-hydrogen) atoms. The summed E-state index contributed by atoms with van der Waals surface area (Å²) in [5, 5.41) is 11.2. The second kappa shape index (κ2) is 7.43. The van der Waals surface area contributed by atoms with E-state index in [9.17, 15) is 13.2 Å². The summed E-state index contributed by atoms with van der Waals surface area (Å²) in [6.45, 7) is 4.41. The summed E-state index contributed by atoms with van der Waals surface area (Å²) in [6.07, 6.45) is 6.03. The molecule has 10 heteroatoms. The Balaban J connectivity index is 1.68. The van der Waals surface area contributed by atoms with Gasteiger partial charge in [0.25, 0.3) is 0 Å². The van der Waals surface area contributed by atoms with E-state index in [1.54, 1.807) is 11.7 Å². The van der Waals surface area contributed by atoms with Gasteiger partial charge < -0.3 is 5.32 Å². The minimum absolute atomic E-state index is 0.128. The van der Waals surface area contributed by atoms with E-state index < -0.39 is 10.0 Å². The Morgan fingerprint density at radius 2 is 2.04 bits per heavy atom. The molecule has 1 aliphatic heterocycles. The average Bonchev–Trinajstić information content (AvgIpc) is 3.20. The molecular weight excluding hydrogens is 368 g/mol. The molecule has 0 saturated carbocycles. The van der Waals surface area contributed by atoms with Gasteiger partial charge in [-0.15, -0.1) is 0 Å². The van der Waals surface area contributed by atoms with Crippen molar-refractivity contribution in [1.29, 1.82) is 0 Å². The van der Waals surface area contributed by atoms with Crippen molar-refractivity contribution in [3.63, 3.8) is 0 Å². The number of aryl methyl sites for hydroxylation is 3. The minimum atomic E-state index is -3.63. The van der Waals surface area contributed by atoms with Crippen molar-refractivity contribution >= 4 is 15.9 Å². The molecule has 0 aliphatic carbocycles. The fraction of sp³-hybridized carbons (Fsp3) is 0.588. The molecule has 2 atom stereocenters. The van der Waals surface area contributed by atoms with Crippen molar-refractivity contribution in [2.75, 3.05) is 13.1 Å². The van der Waals surface area contributed by atoms with Crippen LogP contribution in [0.15, 0.2) is 23.5 Å². The second-order valence-corrected chi connectivity index (χ2v) is 9.06. The van der Waals surface area contributed by atoms with E-state index in [1.165, 1.54) is 21.4 Å². The average molecular weight is 395 g/mol. The minimum Gasteiger partial charge on any atom is -0.349 e. The smallest absolute Gasteiger partial charge is 0.246 e. The maximum absolute atomic E-state index is 12.8. The summed E-state index contributed by atoms with van der Waals surface area (Å²) >= 11 is 0. The normalized spacial score (nSPS) is 19.8. The summed E-state index contributed by atoms with van der Waals surface area (Å²) in [4.78, 5) is 12.9. The molecule has 2 aromatic heterocycles. The van der Waals surface area contributed by atoms with Crippen LogP contribution in [0.25, 0.3) is 0 Å². The summed E-state index contributed by atoms with van der Waals surface area (Å²) in [7, 11) is -0.120. The Kier molecular flexibility index (Phi) is 5.38. The fourth-order valence-corrected chi connectivity index (χ4v) is 5.02. The van der Waals surface area contributed by atoms with Gasteiger partial charge in [-0.1, -0.05) is 0 Å². The molecule has 1 fully saturated rings. The Morgan fingerprint density at radius 3 is 2.63 bits per heavy atom. The molecule has 1 saturated heterocycles. The van der Waals surface area contributed by atoms with Crippen LogP contribution in [0.3, 0.4) is 0 Å². The third-order valence-electron chi connectivity index (χ3n) is 4.95. The predicted molar refractivity (Wildman–Crippen MR) is 99.2 cm³/mol. The highest BCUT2D eigenvalue weighted by Crippen LogP contribution is 2.24. The molecule has 0 radical (unpaired) electrons. The molecule has 0 aromatic carbocycles. The van der Waals surface area contributed by atoms with Gasteiger partial charge in [0.15, 0.2) is 0 Å². The number of sulfonamides is 1. The number of carbonyl (C=O) groups excluding carboxylic acids is 1. The van der Waals surface area contributed by atoms with E-state index in [0.717, 1.165) is 11.3 Å². The van der Waals surface area contributed by atoms with Crippen molar-refractivity contribution in [3.8, 4) is 0 Å². The lowest BCUT2D eigenvalue weighted by Crippen LogP contribution is -2.45. The zero-order valence-electron chi connectivity index (χ0n) is 16.1. The van der Waals surface area contributed by atoms with Gasteiger partial charge in [-0.05, 0) is 26.7 Å². The van der Waals surface area contributed by atoms with E-state index in [0.29, 0.717) is 19.4 Å². The Bertz CT molecular complexity index is 932. The van der Waals surface area contributed by atoms with Gasteiger partial charge in [-0.25, -0.2) is 8.42 Å². The van der Waals surface area contributed by atoms with Gasteiger partial charge in [-0.2, -0.15) is 14.5 Å². The topological polar surface area (TPSA) is 102 Å². The summed E-state index contributed by atoms with van der Waals surface area (Å²) < 4.78 is 30.1. The van der Waals surface area contributed by atoms with E-state index in [1.807, 2.05) is 27.1 Å². The predicted octanol–water partition coefficient (Wildman–Crippen LogP) is 0.740. The molecule has 1 N–H and O–H groups in total. The summed E-state index contributed by atoms with van der Waals surface area (Å²) in [5.41, 5.74) is 1.83. The maximum Gasteiger partial charge on any atom is 0.246 e. The first-order valence-corrected chi connectivity index (χ1v) is 10.4. The monoisotopic (exact) mass is 394 g/mol. The van der Waals surface area contributed by atoms with Crippen LogP contribution >= 0.6 is 0 Å². The largest absolute Gasteiger partial charge is 0.349 e. The molecule has 0 bridgehead atoms. The quantitative estimate of drug-likeness (QED) is 0.806. The van der Waals surface area contributed by atoms with E-state index in [-0.39, 0.29) is 29.3 Å². The standard InChI is InChI=1S/C17H26N6O3S/c1-12(16-11-22(4)20-13(16)2)19-17(24)14-6-5-7-23(9-14)27(25,26)15-8-18-21(3)10-15/h8,10-12,14H,5-7,9H2,1-4H3,(H,19,24). The van der Waals surface area contributed by atoms with Crippen molar-refractivity contribution in [2.45, 2.75) is 37.6 Å². The molecule has 2 unspecified atom stereocenters. The Hall–Kier alpha value is -2.20. The number of amides is 1.